The average molecular weight is 302 g/mol. The predicted octanol–water partition coefficient (Wildman–Crippen LogP) is 1.90. The lowest BCUT2D eigenvalue weighted by molar-refractivity contribution is 0.0933. The first-order chi connectivity index (χ1) is 10.8. The molecule has 0 atom stereocenters. The number of carbonyl (C=O) groups excluding carboxylic acids is 1. The van der Waals surface area contributed by atoms with E-state index in [1.807, 2.05) is 12.1 Å². The van der Waals surface area contributed by atoms with Crippen molar-refractivity contribution < 1.29 is 4.79 Å². The van der Waals surface area contributed by atoms with E-state index in [1.165, 1.54) is 12.8 Å². The highest BCUT2D eigenvalue weighted by atomic mass is 16.1. The lowest BCUT2D eigenvalue weighted by Gasteiger charge is -2.35. The van der Waals surface area contributed by atoms with Gasteiger partial charge in [-0.25, -0.2) is 0 Å². The maximum Gasteiger partial charge on any atom is 0.270 e. The lowest BCUT2D eigenvalue weighted by atomic mass is 10.2. The fraction of sp³-hybridized carbons (Fsp3) is 0.647. The highest BCUT2D eigenvalue weighted by molar-refractivity contribution is 5.93. The van der Waals surface area contributed by atoms with Gasteiger partial charge in [0.1, 0.15) is 5.69 Å². The number of aromatic nitrogens is 1. The molecule has 1 amide bonds. The van der Waals surface area contributed by atoms with Crippen LogP contribution in [0.25, 0.3) is 0 Å². The Morgan fingerprint density at radius 1 is 1.27 bits per heavy atom. The fourth-order valence-electron chi connectivity index (χ4n) is 3.39. The molecular weight excluding hydrogens is 276 g/mol. The second-order valence-corrected chi connectivity index (χ2v) is 6.28. The summed E-state index contributed by atoms with van der Waals surface area (Å²) in [5.41, 5.74) is 1.66. The first-order valence-corrected chi connectivity index (χ1v) is 8.50. The van der Waals surface area contributed by atoms with Crippen molar-refractivity contribution in [2.24, 2.45) is 0 Å². The van der Waals surface area contributed by atoms with Crippen molar-refractivity contribution in [3.63, 3.8) is 0 Å². The number of piperazine rings is 1. The minimum Gasteiger partial charge on any atom is -0.369 e. The number of likely N-dealkylation sites (N-methyl/N-ethyl adjacent to an activating group) is 1. The number of anilines is 1. The topological polar surface area (TPSA) is 48.5 Å². The van der Waals surface area contributed by atoms with Crippen molar-refractivity contribution in [2.45, 2.75) is 38.6 Å². The standard InChI is InChI=1S/C17H26N4O/c1-2-20-9-11-21(12-10-20)15-7-8-18-16(13-15)17(22)19-14-5-3-4-6-14/h7-8,13-14H,2-6,9-12H2,1H3,(H,19,22). The van der Waals surface area contributed by atoms with Gasteiger partial charge in [-0.1, -0.05) is 19.8 Å². The van der Waals surface area contributed by atoms with Crippen LogP contribution in [0.15, 0.2) is 18.3 Å². The van der Waals surface area contributed by atoms with Gasteiger partial charge in [0.25, 0.3) is 5.91 Å². The Labute approximate surface area is 132 Å². The Morgan fingerprint density at radius 3 is 2.68 bits per heavy atom. The third-order valence-corrected chi connectivity index (χ3v) is 4.85. The maximum absolute atomic E-state index is 12.3. The van der Waals surface area contributed by atoms with E-state index in [9.17, 15) is 4.79 Å². The molecule has 0 bridgehead atoms. The van der Waals surface area contributed by atoms with E-state index >= 15 is 0 Å². The van der Waals surface area contributed by atoms with Gasteiger partial charge in [0.05, 0.1) is 0 Å². The van der Waals surface area contributed by atoms with Crippen molar-refractivity contribution in [1.82, 2.24) is 15.2 Å². The van der Waals surface area contributed by atoms with Crippen LogP contribution in [0.4, 0.5) is 5.69 Å². The van der Waals surface area contributed by atoms with E-state index in [4.69, 9.17) is 0 Å². The van der Waals surface area contributed by atoms with Crippen LogP contribution in [0.2, 0.25) is 0 Å². The fourth-order valence-corrected chi connectivity index (χ4v) is 3.39. The number of rotatable bonds is 4. The summed E-state index contributed by atoms with van der Waals surface area (Å²) in [7, 11) is 0. The second-order valence-electron chi connectivity index (χ2n) is 6.28. The van der Waals surface area contributed by atoms with Crippen LogP contribution in [0.3, 0.4) is 0 Å². The molecule has 2 heterocycles. The van der Waals surface area contributed by atoms with Crippen LogP contribution in [-0.4, -0.2) is 54.6 Å². The van der Waals surface area contributed by atoms with Gasteiger partial charge in [0.2, 0.25) is 0 Å². The van der Waals surface area contributed by atoms with E-state index in [0.717, 1.165) is 51.3 Å². The second kappa shape index (κ2) is 7.09. The molecule has 0 unspecified atom stereocenters. The molecule has 2 fully saturated rings. The lowest BCUT2D eigenvalue weighted by Crippen LogP contribution is -2.46. The molecule has 0 aromatic carbocycles. The van der Waals surface area contributed by atoms with Gasteiger partial charge in [0.15, 0.2) is 0 Å². The molecule has 1 saturated carbocycles. The van der Waals surface area contributed by atoms with E-state index in [2.05, 4.69) is 27.0 Å². The van der Waals surface area contributed by atoms with Crippen molar-refractivity contribution in [2.75, 3.05) is 37.6 Å². The van der Waals surface area contributed by atoms with Gasteiger partial charge in [-0.05, 0) is 31.5 Å². The van der Waals surface area contributed by atoms with Gasteiger partial charge in [-0.3, -0.25) is 9.78 Å². The summed E-state index contributed by atoms with van der Waals surface area (Å²) < 4.78 is 0. The quantitative estimate of drug-likeness (QED) is 0.923. The molecule has 1 aromatic heterocycles. The first-order valence-electron chi connectivity index (χ1n) is 8.50. The normalized spacial score (nSPS) is 20.3. The van der Waals surface area contributed by atoms with Crippen LogP contribution < -0.4 is 10.2 Å². The smallest absolute Gasteiger partial charge is 0.270 e. The molecule has 5 nitrogen and oxygen atoms in total. The summed E-state index contributed by atoms with van der Waals surface area (Å²) in [5.74, 6) is -0.0269. The third-order valence-electron chi connectivity index (χ3n) is 4.85. The van der Waals surface area contributed by atoms with E-state index in [1.54, 1.807) is 6.20 Å². The molecule has 1 saturated heterocycles. The number of hydrogen-bond donors (Lipinski definition) is 1. The molecule has 5 heteroatoms. The van der Waals surface area contributed by atoms with Gasteiger partial charge in [-0.15, -0.1) is 0 Å². The zero-order valence-corrected chi connectivity index (χ0v) is 13.4. The van der Waals surface area contributed by atoms with Gasteiger partial charge in [-0.2, -0.15) is 0 Å². The maximum atomic E-state index is 12.3. The summed E-state index contributed by atoms with van der Waals surface area (Å²) in [4.78, 5) is 21.4. The van der Waals surface area contributed by atoms with E-state index in [0.29, 0.717) is 11.7 Å². The molecule has 120 valence electrons. The monoisotopic (exact) mass is 302 g/mol. The largest absolute Gasteiger partial charge is 0.369 e. The average Bonchev–Trinajstić information content (AvgIpc) is 3.08. The molecule has 3 rings (SSSR count). The summed E-state index contributed by atoms with van der Waals surface area (Å²) in [6, 6.07) is 4.28. The van der Waals surface area contributed by atoms with Crippen LogP contribution in [0, 0.1) is 0 Å². The molecule has 0 spiro atoms. The van der Waals surface area contributed by atoms with E-state index in [-0.39, 0.29) is 5.91 Å². The molecule has 1 aliphatic carbocycles. The number of hydrogen-bond acceptors (Lipinski definition) is 4. The highest BCUT2D eigenvalue weighted by Crippen LogP contribution is 2.19. The molecular formula is C17H26N4O. The molecule has 22 heavy (non-hydrogen) atoms. The Balaban J connectivity index is 1.63. The van der Waals surface area contributed by atoms with Gasteiger partial charge >= 0.3 is 0 Å². The number of pyridine rings is 1. The summed E-state index contributed by atoms with van der Waals surface area (Å²) >= 11 is 0. The number of carbonyl (C=O) groups is 1. The minimum atomic E-state index is -0.0269. The minimum absolute atomic E-state index is 0.0269. The number of amides is 1. The highest BCUT2D eigenvalue weighted by Gasteiger charge is 2.20. The Bertz CT molecular complexity index is 505. The third kappa shape index (κ3) is 3.58. The Morgan fingerprint density at radius 2 is 2.00 bits per heavy atom. The number of nitrogens with one attached hydrogen (secondary N) is 1. The summed E-state index contributed by atoms with van der Waals surface area (Å²) in [6.07, 6.45) is 6.40. The zero-order valence-electron chi connectivity index (χ0n) is 13.4. The summed E-state index contributed by atoms with van der Waals surface area (Å²) in [5, 5.41) is 3.11. The molecule has 2 aliphatic rings. The Kier molecular flexibility index (Phi) is 4.93. The van der Waals surface area contributed by atoms with Crippen molar-refractivity contribution in [1.29, 1.82) is 0 Å². The first kappa shape index (κ1) is 15.3. The SMILES string of the molecule is CCN1CCN(c2ccnc(C(=O)NC3CCCC3)c2)CC1. The molecule has 1 N–H and O–H groups in total. The van der Waals surface area contributed by atoms with Crippen LogP contribution in [0.5, 0.6) is 0 Å². The predicted molar refractivity (Wildman–Crippen MR) is 88.3 cm³/mol. The molecule has 0 radical (unpaired) electrons. The van der Waals surface area contributed by atoms with Crippen molar-refractivity contribution in [3.8, 4) is 0 Å². The van der Waals surface area contributed by atoms with Gasteiger partial charge < -0.3 is 15.1 Å². The van der Waals surface area contributed by atoms with Crippen molar-refractivity contribution >= 4 is 11.6 Å². The Hall–Kier alpha value is -1.62. The van der Waals surface area contributed by atoms with Crippen molar-refractivity contribution in [3.05, 3.63) is 24.0 Å². The molecule has 1 aromatic rings. The van der Waals surface area contributed by atoms with Crippen LogP contribution >= 0.6 is 0 Å². The van der Waals surface area contributed by atoms with Crippen LogP contribution in [-0.2, 0) is 0 Å². The van der Waals surface area contributed by atoms with Crippen LogP contribution in [0.1, 0.15) is 43.1 Å². The summed E-state index contributed by atoms with van der Waals surface area (Å²) in [6.45, 7) is 7.51. The van der Waals surface area contributed by atoms with E-state index < -0.39 is 0 Å². The van der Waals surface area contributed by atoms with Gasteiger partial charge in [0, 0.05) is 44.1 Å². The number of nitrogens with zero attached hydrogens (tertiary/aromatic N) is 3. The molecule has 1 aliphatic heterocycles. The zero-order chi connectivity index (χ0) is 15.4.